The molecule has 2 nitrogen and oxygen atoms in total. The zero-order chi connectivity index (χ0) is 14.2. The Balaban J connectivity index is 2.88. The molecule has 18 heavy (non-hydrogen) atoms. The van der Waals surface area contributed by atoms with Crippen molar-refractivity contribution in [2.45, 2.75) is 71.9 Å². The molecule has 102 valence electrons. The number of hydrogen-bond donors (Lipinski definition) is 0. The van der Waals surface area contributed by atoms with Crippen LogP contribution in [0.25, 0.3) is 0 Å². The van der Waals surface area contributed by atoms with Gasteiger partial charge in [0.05, 0.1) is 11.2 Å². The second kappa shape index (κ2) is 4.88. The predicted molar refractivity (Wildman–Crippen MR) is 77.6 cm³/mol. The molecule has 0 amide bonds. The summed E-state index contributed by atoms with van der Waals surface area (Å²) in [6.45, 7) is 18.7. The summed E-state index contributed by atoms with van der Waals surface area (Å²) in [5, 5.41) is 0. The Morgan fingerprint density at radius 3 is 1.94 bits per heavy atom. The summed E-state index contributed by atoms with van der Waals surface area (Å²) in [5.74, 6) is 0.198. The minimum absolute atomic E-state index is 0.198. The zero-order valence-electron chi connectivity index (χ0n) is 13.0. The zero-order valence-corrected chi connectivity index (χ0v) is 13.0. The van der Waals surface area contributed by atoms with Gasteiger partial charge >= 0.3 is 7.12 Å². The molecule has 0 aromatic heterocycles. The van der Waals surface area contributed by atoms with Crippen molar-refractivity contribution in [1.29, 1.82) is 0 Å². The molecule has 1 aliphatic heterocycles. The van der Waals surface area contributed by atoms with Crippen molar-refractivity contribution in [2.24, 2.45) is 5.41 Å². The Morgan fingerprint density at radius 1 is 1.17 bits per heavy atom. The summed E-state index contributed by atoms with van der Waals surface area (Å²) in [6.07, 6.45) is 2.97. The molecule has 0 saturated carbocycles. The van der Waals surface area contributed by atoms with E-state index in [9.17, 15) is 0 Å². The molecule has 1 aliphatic rings. The highest BCUT2D eigenvalue weighted by molar-refractivity contribution is 6.48. The van der Waals surface area contributed by atoms with Gasteiger partial charge < -0.3 is 9.31 Å². The smallest absolute Gasteiger partial charge is 0.403 e. The molecule has 0 N–H and O–H groups in total. The first-order valence-corrected chi connectivity index (χ1v) is 6.70. The Morgan fingerprint density at radius 2 is 1.61 bits per heavy atom. The van der Waals surface area contributed by atoms with Crippen LogP contribution in [0.2, 0.25) is 5.82 Å². The molecule has 0 radical (unpaired) electrons. The third-order valence-electron chi connectivity index (χ3n) is 3.80. The lowest BCUT2D eigenvalue weighted by Crippen LogP contribution is -2.41. The molecule has 3 heteroatoms. The standard InChI is InChI=1S/C15H27BO2/c1-9-10-12(11-13(2,3)4)16-17-14(5,6)15(7,8)18-16/h10,12H,1,11H2,2-8H3. The van der Waals surface area contributed by atoms with E-state index < -0.39 is 0 Å². The Hall–Kier alpha value is -0.495. The maximum Gasteiger partial charge on any atom is 0.465 e. The summed E-state index contributed by atoms with van der Waals surface area (Å²) in [5.41, 5.74) is 2.56. The van der Waals surface area contributed by atoms with Crippen LogP contribution in [0, 0.1) is 5.41 Å². The monoisotopic (exact) mass is 250 g/mol. The fourth-order valence-corrected chi connectivity index (χ4v) is 2.16. The van der Waals surface area contributed by atoms with E-state index in [0.29, 0.717) is 0 Å². The maximum atomic E-state index is 6.10. The number of hydrogen-bond acceptors (Lipinski definition) is 2. The van der Waals surface area contributed by atoms with Gasteiger partial charge in [0.2, 0.25) is 0 Å². The van der Waals surface area contributed by atoms with Gasteiger partial charge in [0.25, 0.3) is 0 Å². The average Bonchev–Trinajstić information content (AvgIpc) is 2.33. The van der Waals surface area contributed by atoms with Gasteiger partial charge in [-0.25, -0.2) is 0 Å². The molecular formula is C15H27BO2. The van der Waals surface area contributed by atoms with Crippen LogP contribution in [0.3, 0.4) is 0 Å². The molecule has 1 fully saturated rings. The molecule has 0 aliphatic carbocycles. The van der Waals surface area contributed by atoms with Crippen molar-refractivity contribution < 1.29 is 9.31 Å². The molecule has 1 saturated heterocycles. The molecule has 1 unspecified atom stereocenters. The third-order valence-corrected chi connectivity index (χ3v) is 3.80. The lowest BCUT2D eigenvalue weighted by atomic mass is 9.65. The van der Waals surface area contributed by atoms with Crippen LogP contribution in [-0.2, 0) is 9.31 Å². The van der Waals surface area contributed by atoms with Crippen LogP contribution in [0.5, 0.6) is 0 Å². The molecule has 0 bridgehead atoms. The molecule has 1 heterocycles. The van der Waals surface area contributed by atoms with Gasteiger partial charge in [-0.15, -0.1) is 5.73 Å². The number of rotatable bonds is 3. The SMILES string of the molecule is C=C=CC(CC(C)(C)C)B1OC(C)(C)C(C)(C)O1. The van der Waals surface area contributed by atoms with Crippen molar-refractivity contribution in [3.05, 3.63) is 18.4 Å². The van der Waals surface area contributed by atoms with E-state index in [-0.39, 0.29) is 29.6 Å². The molecule has 0 aromatic rings. The molecule has 0 aromatic carbocycles. The molecular weight excluding hydrogens is 223 g/mol. The fourth-order valence-electron chi connectivity index (χ4n) is 2.16. The van der Waals surface area contributed by atoms with E-state index in [1.54, 1.807) is 0 Å². The number of allylic oxidation sites excluding steroid dienone is 1. The fraction of sp³-hybridized carbons (Fsp3) is 0.800. The first-order chi connectivity index (χ1) is 7.98. The van der Waals surface area contributed by atoms with Gasteiger partial charge in [-0.05, 0) is 45.6 Å². The highest BCUT2D eigenvalue weighted by atomic mass is 16.7. The summed E-state index contributed by atoms with van der Waals surface area (Å²) < 4.78 is 12.2. The van der Waals surface area contributed by atoms with Crippen molar-refractivity contribution >= 4 is 7.12 Å². The van der Waals surface area contributed by atoms with E-state index >= 15 is 0 Å². The van der Waals surface area contributed by atoms with Gasteiger partial charge in [0.15, 0.2) is 0 Å². The lowest BCUT2D eigenvalue weighted by Gasteiger charge is -2.32. The summed E-state index contributed by atoms with van der Waals surface area (Å²) >= 11 is 0. The molecule has 0 spiro atoms. The van der Waals surface area contributed by atoms with E-state index in [2.05, 4.69) is 60.8 Å². The summed E-state index contributed by atoms with van der Waals surface area (Å²) in [4.78, 5) is 0. The van der Waals surface area contributed by atoms with Crippen LogP contribution < -0.4 is 0 Å². The highest BCUT2D eigenvalue weighted by Crippen LogP contribution is 2.43. The Kier molecular flexibility index (Phi) is 4.22. The van der Waals surface area contributed by atoms with Crippen LogP contribution in [0.4, 0.5) is 0 Å². The first-order valence-electron chi connectivity index (χ1n) is 6.70. The second-order valence-electron chi connectivity index (χ2n) is 7.42. The van der Waals surface area contributed by atoms with E-state index in [1.165, 1.54) is 0 Å². The van der Waals surface area contributed by atoms with Crippen LogP contribution >= 0.6 is 0 Å². The Labute approximate surface area is 113 Å². The topological polar surface area (TPSA) is 18.5 Å². The summed E-state index contributed by atoms with van der Waals surface area (Å²) in [7, 11) is -0.205. The minimum Gasteiger partial charge on any atom is -0.403 e. The normalized spacial score (nSPS) is 23.6. The third kappa shape index (κ3) is 3.51. The lowest BCUT2D eigenvalue weighted by molar-refractivity contribution is 0.00578. The first kappa shape index (κ1) is 15.6. The van der Waals surface area contributed by atoms with Gasteiger partial charge in [-0.3, -0.25) is 0 Å². The van der Waals surface area contributed by atoms with Gasteiger partial charge in [0.1, 0.15) is 0 Å². The van der Waals surface area contributed by atoms with Crippen molar-refractivity contribution in [3.63, 3.8) is 0 Å². The van der Waals surface area contributed by atoms with E-state index in [1.807, 2.05) is 6.08 Å². The van der Waals surface area contributed by atoms with Crippen molar-refractivity contribution in [1.82, 2.24) is 0 Å². The molecule has 1 atom stereocenters. The second-order valence-corrected chi connectivity index (χ2v) is 7.42. The van der Waals surface area contributed by atoms with E-state index in [4.69, 9.17) is 9.31 Å². The maximum absolute atomic E-state index is 6.10. The quantitative estimate of drug-likeness (QED) is 0.551. The van der Waals surface area contributed by atoms with Gasteiger partial charge in [0, 0.05) is 5.82 Å². The predicted octanol–water partition coefficient (Wildman–Crippen LogP) is 4.23. The average molecular weight is 250 g/mol. The summed E-state index contributed by atoms with van der Waals surface area (Å²) in [6, 6.07) is 0. The van der Waals surface area contributed by atoms with E-state index in [0.717, 1.165) is 6.42 Å². The Bertz CT molecular complexity index is 330. The van der Waals surface area contributed by atoms with Crippen molar-refractivity contribution in [3.8, 4) is 0 Å². The van der Waals surface area contributed by atoms with Crippen LogP contribution in [-0.4, -0.2) is 18.3 Å². The van der Waals surface area contributed by atoms with Gasteiger partial charge in [-0.1, -0.05) is 27.4 Å². The van der Waals surface area contributed by atoms with Crippen molar-refractivity contribution in [2.75, 3.05) is 0 Å². The minimum atomic E-state index is -0.275. The van der Waals surface area contributed by atoms with Crippen LogP contribution in [0.1, 0.15) is 54.9 Å². The largest absolute Gasteiger partial charge is 0.465 e. The highest BCUT2D eigenvalue weighted by Gasteiger charge is 2.53. The van der Waals surface area contributed by atoms with Gasteiger partial charge in [-0.2, -0.15) is 0 Å². The molecule has 1 rings (SSSR count). The van der Waals surface area contributed by atoms with Crippen LogP contribution in [0.15, 0.2) is 18.4 Å².